The molecule has 0 heterocycles. The lowest BCUT2D eigenvalue weighted by Gasteiger charge is -2.12. The second-order valence-corrected chi connectivity index (χ2v) is 15.9. The standard InChI is InChI=1S/2C25H16O.C12H4N4/c2*26-23(18-5-2-1-3-6-18)16-14-17-9-10-21-12-11-19-7-4-8-20-13-15-22(17)25(21)24(19)20;13-5-11(6-14)9-1-2-10(4-3-9)12(7-15)8-16/h2*1-16H;1-4H/b2*16-14+;. The van der Waals surface area contributed by atoms with Crippen LogP contribution in [0.25, 0.3) is 87.9 Å². The summed E-state index contributed by atoms with van der Waals surface area (Å²) in [5, 5.41) is 50.5. The first kappa shape index (κ1) is 43.3. The van der Waals surface area contributed by atoms with E-state index in [9.17, 15) is 9.59 Å². The molecule has 0 N–H and O–H groups in total. The first-order chi connectivity index (χ1) is 33.4. The topological polar surface area (TPSA) is 129 Å². The molecule has 0 spiro atoms. The number of hydrogen-bond acceptors (Lipinski definition) is 6. The normalized spacial score (nSPS) is 10.9. The van der Waals surface area contributed by atoms with Crippen molar-refractivity contribution >= 4 is 99.5 Å². The summed E-state index contributed by atoms with van der Waals surface area (Å²) in [7, 11) is 0. The van der Waals surface area contributed by atoms with Crippen molar-refractivity contribution in [1.29, 1.82) is 21.0 Å². The van der Waals surface area contributed by atoms with Crippen LogP contribution >= 0.6 is 0 Å². The first-order valence-corrected chi connectivity index (χ1v) is 21.7. The Hall–Kier alpha value is -9.98. The van der Waals surface area contributed by atoms with Gasteiger partial charge in [-0.1, -0.05) is 206 Å². The Morgan fingerprint density at radius 1 is 0.324 bits per heavy atom. The molecule has 0 aliphatic carbocycles. The Kier molecular flexibility index (Phi) is 12.4. The quantitative estimate of drug-likeness (QED) is 0.0929. The third kappa shape index (κ3) is 8.65. The van der Waals surface area contributed by atoms with E-state index >= 15 is 0 Å². The van der Waals surface area contributed by atoms with Crippen LogP contribution in [0.1, 0.15) is 31.8 Å². The Morgan fingerprint density at radius 3 is 0.971 bits per heavy atom. The number of benzene rings is 11. The highest BCUT2D eigenvalue weighted by atomic mass is 16.1. The van der Waals surface area contributed by atoms with Gasteiger partial charge in [0.2, 0.25) is 0 Å². The Balaban J connectivity index is 0.000000132. The van der Waals surface area contributed by atoms with Crippen molar-refractivity contribution in [2.75, 3.05) is 0 Å². The van der Waals surface area contributed by atoms with Gasteiger partial charge in [-0.15, -0.1) is 0 Å². The zero-order valence-corrected chi connectivity index (χ0v) is 36.4. The minimum Gasteiger partial charge on any atom is -0.289 e. The van der Waals surface area contributed by atoms with Gasteiger partial charge in [-0.25, -0.2) is 0 Å². The predicted molar refractivity (Wildman–Crippen MR) is 275 cm³/mol. The largest absolute Gasteiger partial charge is 0.289 e. The summed E-state index contributed by atoms with van der Waals surface area (Å²) in [6.45, 7) is 0. The maximum atomic E-state index is 12.4. The molecule has 11 aromatic rings. The highest BCUT2D eigenvalue weighted by molar-refractivity contribution is 6.26. The molecule has 0 atom stereocenters. The summed E-state index contributed by atoms with van der Waals surface area (Å²) in [6.07, 6.45) is 7.20. The molecule has 0 fully saturated rings. The number of hydrogen-bond donors (Lipinski definition) is 0. The number of rotatable bonds is 6. The molecule has 11 rings (SSSR count). The van der Waals surface area contributed by atoms with Crippen molar-refractivity contribution in [2.45, 2.75) is 0 Å². The fraction of sp³-hybridized carbons (Fsp3) is 0. The predicted octanol–water partition coefficient (Wildman–Crippen LogP) is 13.0. The lowest BCUT2D eigenvalue weighted by molar-refractivity contribution is 0.103. The van der Waals surface area contributed by atoms with Gasteiger partial charge in [-0.05, 0) is 87.9 Å². The summed E-state index contributed by atoms with van der Waals surface area (Å²) in [5.41, 5.74) is 3.56. The molecule has 0 aliphatic rings. The van der Waals surface area contributed by atoms with Gasteiger partial charge in [0.05, 0.1) is 0 Å². The van der Waals surface area contributed by atoms with Gasteiger partial charge in [-0.2, -0.15) is 21.0 Å². The minimum atomic E-state index is 0.00187. The number of carbonyl (C=O) groups is 2. The average molecular weight is 869 g/mol. The summed E-state index contributed by atoms with van der Waals surface area (Å²) in [4.78, 5) is 24.8. The summed E-state index contributed by atoms with van der Waals surface area (Å²) >= 11 is 0. The molecule has 0 bridgehead atoms. The van der Waals surface area contributed by atoms with Crippen molar-refractivity contribution < 1.29 is 9.59 Å². The molecular formula is C62H36N4O2. The van der Waals surface area contributed by atoms with E-state index in [0.717, 1.165) is 11.1 Å². The third-order valence-corrected chi connectivity index (χ3v) is 12.0. The van der Waals surface area contributed by atoms with Crippen molar-refractivity contribution in [3.8, 4) is 24.3 Å². The summed E-state index contributed by atoms with van der Waals surface area (Å²) < 4.78 is 0. The monoisotopic (exact) mass is 868 g/mol. The van der Waals surface area contributed by atoms with Gasteiger partial charge >= 0.3 is 0 Å². The summed E-state index contributed by atoms with van der Waals surface area (Å²) in [5.74, 6) is 0.0487. The van der Waals surface area contributed by atoms with Crippen LogP contribution in [0.4, 0.5) is 0 Å². The van der Waals surface area contributed by atoms with Gasteiger partial charge in [0, 0.05) is 21.6 Å². The fourth-order valence-corrected chi connectivity index (χ4v) is 8.65. The molecule has 0 aliphatic heterocycles. The smallest absolute Gasteiger partial charge is 0.185 e. The number of carbonyl (C=O) groups excluding carboxylic acids is 2. The van der Waals surface area contributed by atoms with E-state index in [2.05, 4.69) is 109 Å². The van der Waals surface area contributed by atoms with E-state index in [-0.39, 0.29) is 22.7 Å². The third-order valence-electron chi connectivity index (χ3n) is 12.0. The maximum Gasteiger partial charge on any atom is 0.185 e. The van der Waals surface area contributed by atoms with Crippen LogP contribution in [0.15, 0.2) is 206 Å². The van der Waals surface area contributed by atoms with Crippen molar-refractivity contribution in [3.05, 3.63) is 239 Å². The molecule has 0 radical (unpaired) electrons. The second kappa shape index (κ2) is 19.4. The van der Waals surface area contributed by atoms with E-state index in [1.807, 2.05) is 72.8 Å². The van der Waals surface area contributed by atoms with Crippen LogP contribution in [0.3, 0.4) is 0 Å². The van der Waals surface area contributed by atoms with Gasteiger partial charge in [0.1, 0.15) is 35.4 Å². The van der Waals surface area contributed by atoms with Crippen LogP contribution in [0.5, 0.6) is 0 Å². The van der Waals surface area contributed by atoms with Crippen LogP contribution < -0.4 is 10.4 Å². The maximum absolute atomic E-state index is 12.4. The molecule has 316 valence electrons. The van der Waals surface area contributed by atoms with E-state index in [1.165, 1.54) is 88.9 Å². The lowest BCUT2D eigenvalue weighted by Crippen LogP contribution is -2.11. The van der Waals surface area contributed by atoms with E-state index in [4.69, 9.17) is 21.0 Å². The Bertz CT molecular complexity index is 3750. The zero-order valence-electron chi connectivity index (χ0n) is 36.4. The molecule has 6 heteroatoms. The number of allylic oxidation sites excluding steroid dienone is 2. The molecule has 6 nitrogen and oxygen atoms in total. The minimum absolute atomic E-state index is 0.00187. The van der Waals surface area contributed by atoms with Crippen LogP contribution in [0, 0.1) is 45.3 Å². The average Bonchev–Trinajstić information content (AvgIpc) is 3.40. The lowest BCUT2D eigenvalue weighted by atomic mass is 9.92. The molecule has 11 aromatic carbocycles. The van der Waals surface area contributed by atoms with Crippen LogP contribution in [0.2, 0.25) is 0 Å². The molecular weight excluding hydrogens is 833 g/mol. The van der Waals surface area contributed by atoms with Gasteiger partial charge < -0.3 is 0 Å². The van der Waals surface area contributed by atoms with Crippen molar-refractivity contribution in [3.63, 3.8) is 0 Å². The van der Waals surface area contributed by atoms with Crippen molar-refractivity contribution in [1.82, 2.24) is 0 Å². The zero-order chi connectivity index (χ0) is 47.0. The van der Waals surface area contributed by atoms with Gasteiger partial charge in [-0.3, -0.25) is 9.59 Å². The summed E-state index contributed by atoms with van der Waals surface area (Å²) in [6, 6.07) is 70.6. The molecule has 0 aromatic heterocycles. The fourth-order valence-electron chi connectivity index (χ4n) is 8.65. The number of nitriles is 4. The van der Waals surface area contributed by atoms with E-state index in [0.29, 0.717) is 21.6 Å². The van der Waals surface area contributed by atoms with Crippen LogP contribution in [-0.2, 0) is 0 Å². The SMILES string of the molecule is N#CC(C#N)=c1ccc(=C(C#N)C#N)cc1.O=C(/C=C/c1ccc2ccc3cccc4ccc1c2c34)c1ccccc1.O=C(/C=C/c1ccc2ccc3cccc4ccc1c2c34)c1ccccc1. The molecule has 68 heavy (non-hydrogen) atoms. The molecule has 0 saturated carbocycles. The van der Waals surface area contributed by atoms with Gasteiger partial charge in [0.25, 0.3) is 0 Å². The molecule has 0 saturated heterocycles. The van der Waals surface area contributed by atoms with Gasteiger partial charge in [0.15, 0.2) is 11.6 Å². The Morgan fingerprint density at radius 2 is 0.632 bits per heavy atom. The first-order valence-electron chi connectivity index (χ1n) is 21.7. The van der Waals surface area contributed by atoms with Crippen molar-refractivity contribution in [2.24, 2.45) is 0 Å². The second-order valence-electron chi connectivity index (χ2n) is 15.9. The highest BCUT2D eigenvalue weighted by Crippen LogP contribution is 2.37. The van der Waals surface area contributed by atoms with E-state index < -0.39 is 0 Å². The number of nitrogens with zero attached hydrogens (tertiary/aromatic N) is 4. The van der Waals surface area contributed by atoms with Crippen LogP contribution in [-0.4, -0.2) is 11.6 Å². The van der Waals surface area contributed by atoms with E-state index in [1.54, 1.807) is 36.4 Å². The Labute approximate surface area is 391 Å². The molecule has 0 unspecified atom stereocenters. The highest BCUT2D eigenvalue weighted by Gasteiger charge is 2.12. The number of ketones is 2. The molecule has 0 amide bonds.